The lowest BCUT2D eigenvalue weighted by atomic mass is 9.83. The number of methoxy groups -OCH3 is 1. The predicted octanol–water partition coefficient (Wildman–Crippen LogP) is 4.34. The Balaban J connectivity index is 1.89. The van der Waals surface area contributed by atoms with Crippen molar-refractivity contribution in [2.75, 3.05) is 19.5 Å². The first kappa shape index (κ1) is 34.6. The van der Waals surface area contributed by atoms with Gasteiger partial charge in [0, 0.05) is 29.7 Å². The van der Waals surface area contributed by atoms with E-state index in [1.54, 1.807) is 20.8 Å². The quantitative estimate of drug-likeness (QED) is 0.212. The molecular weight excluding hydrogens is 580 g/mol. The number of ether oxygens (including phenoxy) is 1. The highest BCUT2D eigenvalue weighted by atomic mass is 32.2. The Bertz CT molecular complexity index is 1410. The summed E-state index contributed by atoms with van der Waals surface area (Å²) in [7, 11) is -2.68. The molecule has 5 N–H and O–H groups in total. The summed E-state index contributed by atoms with van der Waals surface area (Å²) in [4.78, 5) is 27.9. The van der Waals surface area contributed by atoms with E-state index in [1.807, 2.05) is 60.7 Å². The third-order valence-electron chi connectivity index (χ3n) is 7.78. The average Bonchev–Trinajstić information content (AvgIpc) is 3.00. The second-order valence-corrected chi connectivity index (χ2v) is 13.0. The summed E-state index contributed by atoms with van der Waals surface area (Å²) in [5.41, 5.74) is 13.8. The van der Waals surface area contributed by atoms with E-state index in [9.17, 15) is 23.1 Å². The van der Waals surface area contributed by atoms with Crippen molar-refractivity contribution in [3.63, 3.8) is 0 Å². The molecule has 0 saturated carbocycles. The minimum absolute atomic E-state index is 0.0845. The largest absolute Gasteiger partial charge is 0.453 e. The first-order valence-electron chi connectivity index (χ1n) is 14.7. The fourth-order valence-corrected chi connectivity index (χ4v) is 7.60. The monoisotopic (exact) mass is 624 g/mol. The maximum absolute atomic E-state index is 13.6. The number of aliphatic hydroxyl groups excluding tert-OH is 1. The van der Waals surface area contributed by atoms with E-state index in [2.05, 4.69) is 0 Å². The van der Waals surface area contributed by atoms with Gasteiger partial charge in [-0.25, -0.2) is 13.2 Å². The molecule has 0 aliphatic rings. The maximum Gasteiger partial charge on any atom is 0.410 e. The van der Waals surface area contributed by atoms with Gasteiger partial charge in [-0.05, 0) is 75.4 Å². The Kier molecular flexibility index (Phi) is 12.3. The fourth-order valence-electron chi connectivity index (χ4n) is 5.76. The topological polar surface area (TPSA) is 156 Å². The summed E-state index contributed by atoms with van der Waals surface area (Å²) >= 11 is 0. The molecule has 0 fully saturated rings. The predicted molar refractivity (Wildman–Crippen MR) is 171 cm³/mol. The number of hydrogen-bond acceptors (Lipinski definition) is 7. The molecule has 3 atom stereocenters. The minimum atomic E-state index is -3.94. The van der Waals surface area contributed by atoms with E-state index in [0.717, 1.165) is 11.1 Å². The lowest BCUT2D eigenvalue weighted by molar-refractivity contribution is -0.124. The molecule has 0 radical (unpaired) electrons. The number of nitrogen functional groups attached to an aromatic ring is 1. The fraction of sp³-hybridized carbons (Fsp3) is 0.394. The molecule has 0 spiro atoms. The number of carbonyl (C=O) groups is 2. The molecule has 44 heavy (non-hydrogen) atoms. The van der Waals surface area contributed by atoms with Crippen molar-refractivity contribution in [1.29, 1.82) is 0 Å². The third-order valence-corrected chi connectivity index (χ3v) is 9.92. The highest BCUT2D eigenvalue weighted by Gasteiger charge is 2.40. The molecule has 3 aromatic rings. The molecule has 11 heteroatoms. The summed E-state index contributed by atoms with van der Waals surface area (Å²) in [6.45, 7) is 4.92. The van der Waals surface area contributed by atoms with Gasteiger partial charge in [0.25, 0.3) is 0 Å². The number of anilines is 1. The number of nitrogens with zero attached hydrogens (tertiary/aromatic N) is 2. The summed E-state index contributed by atoms with van der Waals surface area (Å²) in [5, 5.41) is 10.3. The second kappa shape index (κ2) is 15.7. The zero-order valence-electron chi connectivity index (χ0n) is 25.7. The Hall–Kier alpha value is -3.93. The third kappa shape index (κ3) is 8.16. The van der Waals surface area contributed by atoms with Crippen LogP contribution in [0.1, 0.15) is 57.1 Å². The van der Waals surface area contributed by atoms with Crippen LogP contribution in [0.5, 0.6) is 0 Å². The van der Waals surface area contributed by atoms with E-state index in [1.165, 1.54) is 40.6 Å². The van der Waals surface area contributed by atoms with Crippen LogP contribution in [0.3, 0.4) is 0 Å². The lowest BCUT2D eigenvalue weighted by Crippen LogP contribution is -2.55. The Morgan fingerprint density at radius 2 is 1.39 bits per heavy atom. The zero-order chi connectivity index (χ0) is 32.4. The van der Waals surface area contributed by atoms with Crippen LogP contribution in [0.25, 0.3) is 0 Å². The van der Waals surface area contributed by atoms with E-state index < -0.39 is 58.7 Å². The standard InChI is InChI=1S/C33H44N4O6S/c1-23(2)37(44(41,42)29-20-18-27(34)19-21-29)28(22-38)17-11-12-24(3)36(33(40)43-4)31(32(35)39)30(25-13-7-5-8-14-25)26-15-9-6-10-16-26/h5-10,13-16,18-21,23-24,28,30-31,38H,11-12,17,22,34H2,1-4H3,(H2,35,39)/t24?,28?,31-/m0/s1. The number of benzene rings is 3. The van der Waals surface area contributed by atoms with Crippen LogP contribution >= 0.6 is 0 Å². The minimum Gasteiger partial charge on any atom is -0.453 e. The normalized spacial score (nSPS) is 13.9. The van der Waals surface area contributed by atoms with Gasteiger partial charge in [-0.15, -0.1) is 0 Å². The van der Waals surface area contributed by atoms with Crippen LogP contribution in [-0.2, 0) is 19.6 Å². The van der Waals surface area contributed by atoms with Crippen LogP contribution in [0.2, 0.25) is 0 Å². The number of primary amides is 1. The second-order valence-electron chi connectivity index (χ2n) is 11.1. The van der Waals surface area contributed by atoms with Crippen LogP contribution < -0.4 is 11.5 Å². The molecule has 2 amide bonds. The first-order valence-corrected chi connectivity index (χ1v) is 16.1. The number of carbonyl (C=O) groups excluding carboxylic acids is 2. The number of amides is 2. The van der Waals surface area contributed by atoms with Crippen LogP contribution in [0.4, 0.5) is 10.5 Å². The van der Waals surface area contributed by atoms with Crippen LogP contribution in [0, 0.1) is 0 Å². The van der Waals surface area contributed by atoms with Gasteiger partial charge in [0.2, 0.25) is 15.9 Å². The molecule has 10 nitrogen and oxygen atoms in total. The van der Waals surface area contributed by atoms with Crippen molar-refractivity contribution < 1.29 is 27.9 Å². The van der Waals surface area contributed by atoms with Crippen molar-refractivity contribution in [2.45, 2.75) is 75.0 Å². The molecule has 3 rings (SSSR count). The molecule has 0 aliphatic heterocycles. The summed E-state index contributed by atoms with van der Waals surface area (Å²) in [6.07, 6.45) is 0.434. The summed E-state index contributed by atoms with van der Waals surface area (Å²) < 4.78 is 33.6. The van der Waals surface area contributed by atoms with E-state index in [4.69, 9.17) is 16.2 Å². The van der Waals surface area contributed by atoms with Crippen LogP contribution in [0.15, 0.2) is 89.8 Å². The van der Waals surface area contributed by atoms with Gasteiger partial charge < -0.3 is 21.3 Å². The van der Waals surface area contributed by atoms with Gasteiger partial charge >= 0.3 is 6.09 Å². The Morgan fingerprint density at radius 3 is 1.82 bits per heavy atom. The molecule has 2 unspecified atom stereocenters. The zero-order valence-corrected chi connectivity index (χ0v) is 26.6. The molecular formula is C33H44N4O6S. The summed E-state index contributed by atoms with van der Waals surface area (Å²) in [6, 6.07) is 22.0. The number of rotatable bonds is 15. The number of hydrogen-bond donors (Lipinski definition) is 3. The number of aliphatic hydroxyl groups is 1. The van der Waals surface area contributed by atoms with Crippen molar-refractivity contribution in [3.05, 3.63) is 96.1 Å². The lowest BCUT2D eigenvalue weighted by Gasteiger charge is -2.39. The molecule has 0 aromatic heterocycles. The highest BCUT2D eigenvalue weighted by Crippen LogP contribution is 2.33. The Morgan fingerprint density at radius 1 is 0.864 bits per heavy atom. The van der Waals surface area contributed by atoms with Crippen molar-refractivity contribution in [3.8, 4) is 0 Å². The van der Waals surface area contributed by atoms with Gasteiger partial charge in [-0.3, -0.25) is 9.69 Å². The molecule has 0 bridgehead atoms. The van der Waals surface area contributed by atoms with Gasteiger partial charge in [-0.2, -0.15) is 4.31 Å². The number of nitrogens with two attached hydrogens (primary N) is 2. The SMILES string of the molecule is COC(=O)N(C(C)CCCC(CO)N(C(C)C)S(=O)(=O)c1ccc(N)cc1)[C@H](C(N)=O)C(c1ccccc1)c1ccccc1. The van der Waals surface area contributed by atoms with E-state index >= 15 is 0 Å². The van der Waals surface area contributed by atoms with Gasteiger partial charge in [0.05, 0.1) is 18.6 Å². The number of sulfonamides is 1. The average molecular weight is 625 g/mol. The molecule has 0 aliphatic carbocycles. The molecule has 0 saturated heterocycles. The van der Waals surface area contributed by atoms with E-state index in [-0.39, 0.29) is 4.90 Å². The van der Waals surface area contributed by atoms with Crippen molar-refractivity contribution in [1.82, 2.24) is 9.21 Å². The highest BCUT2D eigenvalue weighted by molar-refractivity contribution is 7.89. The first-order chi connectivity index (χ1) is 20.9. The maximum atomic E-state index is 13.6. The molecule has 238 valence electrons. The van der Waals surface area contributed by atoms with Gasteiger partial charge in [0.1, 0.15) is 6.04 Å². The molecule has 0 heterocycles. The van der Waals surface area contributed by atoms with Gasteiger partial charge in [0.15, 0.2) is 0 Å². The van der Waals surface area contributed by atoms with Crippen molar-refractivity contribution in [2.24, 2.45) is 5.73 Å². The Labute approximate surface area is 260 Å². The molecule has 3 aromatic carbocycles. The van der Waals surface area contributed by atoms with Gasteiger partial charge in [-0.1, -0.05) is 60.7 Å². The van der Waals surface area contributed by atoms with Crippen molar-refractivity contribution >= 4 is 27.7 Å². The smallest absolute Gasteiger partial charge is 0.410 e. The van der Waals surface area contributed by atoms with E-state index in [0.29, 0.717) is 24.9 Å². The van der Waals surface area contributed by atoms with Crippen LogP contribution in [-0.4, -0.2) is 72.6 Å². The summed E-state index contributed by atoms with van der Waals surface area (Å²) in [5.74, 6) is -1.25.